The van der Waals surface area contributed by atoms with Gasteiger partial charge in [0.25, 0.3) is 5.91 Å². The van der Waals surface area contributed by atoms with Crippen LogP contribution in [0.5, 0.6) is 0 Å². The SMILES string of the molecule is CC[NH+](CC(=O)Nc1ccccc1Cc1ccccc1)Cc1ccccc1. The van der Waals surface area contributed by atoms with Crippen molar-refractivity contribution in [3.05, 3.63) is 102 Å². The first-order chi connectivity index (χ1) is 13.2. The first-order valence-electron chi connectivity index (χ1n) is 9.53. The number of amides is 1. The monoisotopic (exact) mass is 359 g/mol. The number of likely N-dealkylation sites (N-methyl/N-ethyl adjacent to an activating group) is 1. The number of hydrogen-bond acceptors (Lipinski definition) is 1. The molecular formula is C24H27N2O+. The summed E-state index contributed by atoms with van der Waals surface area (Å²) >= 11 is 0. The summed E-state index contributed by atoms with van der Waals surface area (Å²) in [5, 5.41) is 3.12. The molecule has 1 amide bonds. The Labute approximate surface area is 161 Å². The van der Waals surface area contributed by atoms with Crippen molar-refractivity contribution >= 4 is 11.6 Å². The minimum Gasteiger partial charge on any atom is -0.324 e. The molecule has 3 nitrogen and oxygen atoms in total. The number of nitrogens with one attached hydrogen (secondary N) is 2. The Morgan fingerprint density at radius 3 is 2.07 bits per heavy atom. The zero-order valence-electron chi connectivity index (χ0n) is 15.8. The maximum Gasteiger partial charge on any atom is 0.279 e. The highest BCUT2D eigenvalue weighted by Crippen LogP contribution is 2.18. The molecule has 3 rings (SSSR count). The Hall–Kier alpha value is -2.91. The number of hydrogen-bond donors (Lipinski definition) is 2. The maximum absolute atomic E-state index is 12.6. The molecule has 1 atom stereocenters. The van der Waals surface area contributed by atoms with E-state index in [0.717, 1.165) is 30.8 Å². The van der Waals surface area contributed by atoms with E-state index in [-0.39, 0.29) is 5.91 Å². The molecule has 27 heavy (non-hydrogen) atoms. The van der Waals surface area contributed by atoms with Crippen LogP contribution >= 0.6 is 0 Å². The lowest BCUT2D eigenvalue weighted by molar-refractivity contribution is -0.903. The maximum atomic E-state index is 12.6. The highest BCUT2D eigenvalue weighted by Gasteiger charge is 2.14. The van der Waals surface area contributed by atoms with E-state index < -0.39 is 0 Å². The van der Waals surface area contributed by atoms with E-state index in [1.165, 1.54) is 16.0 Å². The lowest BCUT2D eigenvalue weighted by Gasteiger charge is -2.18. The predicted octanol–water partition coefficient (Wildman–Crippen LogP) is 3.32. The summed E-state index contributed by atoms with van der Waals surface area (Å²) in [4.78, 5) is 13.9. The quantitative estimate of drug-likeness (QED) is 0.636. The third-order valence-electron chi connectivity index (χ3n) is 4.74. The zero-order valence-corrected chi connectivity index (χ0v) is 15.8. The van der Waals surface area contributed by atoms with E-state index in [1.807, 2.05) is 54.6 Å². The van der Waals surface area contributed by atoms with Gasteiger partial charge in [-0.05, 0) is 30.5 Å². The van der Waals surface area contributed by atoms with Crippen LogP contribution in [0.2, 0.25) is 0 Å². The van der Waals surface area contributed by atoms with Crippen LogP contribution in [0.15, 0.2) is 84.9 Å². The first kappa shape index (κ1) is 18.9. The van der Waals surface area contributed by atoms with Gasteiger partial charge >= 0.3 is 0 Å². The lowest BCUT2D eigenvalue weighted by atomic mass is 10.0. The van der Waals surface area contributed by atoms with Gasteiger partial charge in [-0.25, -0.2) is 0 Å². The van der Waals surface area contributed by atoms with Crippen LogP contribution in [0.25, 0.3) is 0 Å². The molecule has 0 bridgehead atoms. The van der Waals surface area contributed by atoms with Gasteiger partial charge in [0.2, 0.25) is 0 Å². The molecule has 0 heterocycles. The number of rotatable bonds is 8. The van der Waals surface area contributed by atoms with Crippen molar-refractivity contribution < 1.29 is 9.69 Å². The number of quaternary nitrogens is 1. The molecule has 138 valence electrons. The van der Waals surface area contributed by atoms with Gasteiger partial charge in [0.05, 0.1) is 6.54 Å². The number of carbonyl (C=O) groups excluding carboxylic acids is 1. The van der Waals surface area contributed by atoms with Crippen molar-refractivity contribution in [2.75, 3.05) is 18.4 Å². The average molecular weight is 359 g/mol. The van der Waals surface area contributed by atoms with Crippen molar-refractivity contribution in [2.24, 2.45) is 0 Å². The molecule has 0 saturated heterocycles. The molecule has 3 aromatic carbocycles. The molecule has 2 N–H and O–H groups in total. The molecule has 1 unspecified atom stereocenters. The van der Waals surface area contributed by atoms with E-state index in [0.29, 0.717) is 6.54 Å². The molecule has 0 fully saturated rings. The smallest absolute Gasteiger partial charge is 0.279 e. The molecular weight excluding hydrogens is 332 g/mol. The van der Waals surface area contributed by atoms with Crippen LogP contribution in [0.3, 0.4) is 0 Å². The molecule has 0 aliphatic carbocycles. The van der Waals surface area contributed by atoms with Gasteiger partial charge in [-0.2, -0.15) is 0 Å². The Kier molecular flexibility index (Phi) is 6.78. The third kappa shape index (κ3) is 5.80. The molecule has 3 heteroatoms. The van der Waals surface area contributed by atoms with Crippen LogP contribution in [-0.2, 0) is 17.8 Å². The Bertz CT molecular complexity index is 847. The van der Waals surface area contributed by atoms with Crippen molar-refractivity contribution in [1.29, 1.82) is 0 Å². The first-order valence-corrected chi connectivity index (χ1v) is 9.53. The van der Waals surface area contributed by atoms with Crippen molar-refractivity contribution in [2.45, 2.75) is 19.9 Å². The fourth-order valence-electron chi connectivity index (χ4n) is 3.23. The summed E-state index contributed by atoms with van der Waals surface area (Å²) < 4.78 is 0. The van der Waals surface area contributed by atoms with Crippen LogP contribution in [-0.4, -0.2) is 19.0 Å². The molecule has 0 aromatic heterocycles. The molecule has 0 saturated carbocycles. The van der Waals surface area contributed by atoms with Gasteiger partial charge in [0.1, 0.15) is 6.54 Å². The van der Waals surface area contributed by atoms with Gasteiger partial charge in [0, 0.05) is 11.3 Å². The number of para-hydroxylation sites is 1. The van der Waals surface area contributed by atoms with Gasteiger partial charge in [0.15, 0.2) is 6.54 Å². The topological polar surface area (TPSA) is 33.5 Å². The largest absolute Gasteiger partial charge is 0.324 e. The lowest BCUT2D eigenvalue weighted by Crippen LogP contribution is -3.11. The molecule has 0 aliphatic rings. The number of benzene rings is 3. The van der Waals surface area contributed by atoms with E-state index in [2.05, 4.69) is 42.6 Å². The van der Waals surface area contributed by atoms with Gasteiger partial charge in [-0.3, -0.25) is 4.79 Å². The second-order valence-electron chi connectivity index (χ2n) is 6.81. The second-order valence-corrected chi connectivity index (χ2v) is 6.81. The number of carbonyl (C=O) groups is 1. The van der Waals surface area contributed by atoms with Crippen LogP contribution in [0.4, 0.5) is 5.69 Å². The fraction of sp³-hybridized carbons (Fsp3) is 0.208. The van der Waals surface area contributed by atoms with Gasteiger partial charge in [-0.1, -0.05) is 78.9 Å². The van der Waals surface area contributed by atoms with Crippen molar-refractivity contribution in [3.63, 3.8) is 0 Å². The van der Waals surface area contributed by atoms with Gasteiger partial charge < -0.3 is 10.2 Å². The van der Waals surface area contributed by atoms with Crippen LogP contribution in [0, 0.1) is 0 Å². The summed E-state index contributed by atoms with van der Waals surface area (Å²) in [5.41, 5.74) is 4.54. The van der Waals surface area contributed by atoms with Gasteiger partial charge in [-0.15, -0.1) is 0 Å². The Morgan fingerprint density at radius 2 is 1.41 bits per heavy atom. The minimum atomic E-state index is 0.0586. The van der Waals surface area contributed by atoms with E-state index in [9.17, 15) is 4.79 Å². The van der Waals surface area contributed by atoms with Crippen molar-refractivity contribution in [3.8, 4) is 0 Å². The predicted molar refractivity (Wildman–Crippen MR) is 111 cm³/mol. The summed E-state index contributed by atoms with van der Waals surface area (Å²) in [6, 6.07) is 28.7. The fourth-order valence-corrected chi connectivity index (χ4v) is 3.23. The average Bonchev–Trinajstić information content (AvgIpc) is 2.70. The summed E-state index contributed by atoms with van der Waals surface area (Å²) in [6.45, 7) is 4.35. The third-order valence-corrected chi connectivity index (χ3v) is 4.74. The molecule has 0 radical (unpaired) electrons. The summed E-state index contributed by atoms with van der Waals surface area (Å²) in [6.07, 6.45) is 0.811. The molecule has 0 spiro atoms. The number of anilines is 1. The van der Waals surface area contributed by atoms with Crippen molar-refractivity contribution in [1.82, 2.24) is 0 Å². The highest BCUT2D eigenvalue weighted by molar-refractivity contribution is 5.92. The second kappa shape index (κ2) is 9.70. The molecule has 0 aliphatic heterocycles. The van der Waals surface area contributed by atoms with E-state index in [1.54, 1.807) is 0 Å². The van der Waals surface area contributed by atoms with Crippen LogP contribution in [0.1, 0.15) is 23.6 Å². The summed E-state index contributed by atoms with van der Waals surface area (Å²) in [5.74, 6) is 0.0586. The highest BCUT2D eigenvalue weighted by atomic mass is 16.2. The Balaban J connectivity index is 1.63. The minimum absolute atomic E-state index is 0.0586. The van der Waals surface area contributed by atoms with E-state index in [4.69, 9.17) is 0 Å². The summed E-state index contributed by atoms with van der Waals surface area (Å²) in [7, 11) is 0. The standard InChI is InChI=1S/C24H26N2O/c1-2-26(18-21-13-7-4-8-14-21)19-24(27)25-23-16-10-9-15-22(23)17-20-11-5-3-6-12-20/h3-16H,2,17-19H2,1H3,(H,25,27)/p+1. The van der Waals surface area contributed by atoms with Crippen LogP contribution < -0.4 is 10.2 Å². The molecule has 3 aromatic rings. The Morgan fingerprint density at radius 1 is 0.815 bits per heavy atom. The van der Waals surface area contributed by atoms with E-state index >= 15 is 0 Å². The zero-order chi connectivity index (χ0) is 18.9. The normalized spacial score (nSPS) is 11.7.